The molecule has 5 nitrogen and oxygen atoms in total. The molecule has 1 aliphatic heterocycles. The molecule has 1 amide bonds. The van der Waals surface area contributed by atoms with E-state index in [0.717, 1.165) is 49.9 Å². The molecule has 158 valence electrons. The molecule has 5 fully saturated rings. The number of nitrogens with one attached hydrogen (secondary N) is 1. The van der Waals surface area contributed by atoms with Gasteiger partial charge in [0.15, 0.2) is 0 Å². The molecule has 0 radical (unpaired) electrons. The van der Waals surface area contributed by atoms with Crippen LogP contribution in [0.4, 0.5) is 0 Å². The van der Waals surface area contributed by atoms with Crippen molar-refractivity contribution in [1.82, 2.24) is 9.62 Å². The Hall–Kier alpha value is -1.11. The van der Waals surface area contributed by atoms with Gasteiger partial charge in [-0.05, 0) is 81.3 Å². The molecule has 29 heavy (non-hydrogen) atoms. The number of carbonyl (C=O) groups is 1. The van der Waals surface area contributed by atoms with Crippen LogP contribution < -0.4 is 5.32 Å². The number of sulfonamides is 1. The summed E-state index contributed by atoms with van der Waals surface area (Å²) < 4.78 is 27.8. The molecule has 4 bridgehead atoms. The van der Waals surface area contributed by atoms with Crippen molar-refractivity contribution in [2.45, 2.75) is 74.3 Å². The molecule has 1 N–H and O–H groups in total. The Labute approximate surface area is 178 Å². The summed E-state index contributed by atoms with van der Waals surface area (Å²) in [6.07, 6.45) is 9.07. The van der Waals surface area contributed by atoms with Gasteiger partial charge in [-0.1, -0.05) is 23.7 Å². The fourth-order valence-electron chi connectivity index (χ4n) is 6.93. The molecule has 4 saturated carbocycles. The van der Waals surface area contributed by atoms with Crippen molar-refractivity contribution in [3.63, 3.8) is 0 Å². The average molecular weight is 437 g/mol. The summed E-state index contributed by atoms with van der Waals surface area (Å²) in [4.78, 5) is 13.1. The van der Waals surface area contributed by atoms with E-state index in [9.17, 15) is 13.2 Å². The molecule has 6 rings (SSSR count). The second-order valence-electron chi connectivity index (χ2n) is 9.79. The third kappa shape index (κ3) is 3.61. The molecule has 0 aromatic heterocycles. The minimum atomic E-state index is -3.70. The summed E-state index contributed by atoms with van der Waals surface area (Å²) >= 11 is 6.16. The zero-order valence-electron chi connectivity index (χ0n) is 16.6. The van der Waals surface area contributed by atoms with Crippen LogP contribution in [0.25, 0.3) is 0 Å². The first-order valence-corrected chi connectivity index (χ1v) is 12.7. The van der Waals surface area contributed by atoms with E-state index in [2.05, 4.69) is 5.32 Å². The Balaban J connectivity index is 1.29. The molecule has 1 heterocycles. The van der Waals surface area contributed by atoms with Crippen LogP contribution >= 0.6 is 11.6 Å². The van der Waals surface area contributed by atoms with Gasteiger partial charge in [0.25, 0.3) is 0 Å². The van der Waals surface area contributed by atoms with Crippen molar-refractivity contribution in [1.29, 1.82) is 0 Å². The first-order chi connectivity index (χ1) is 13.8. The number of nitrogens with zero attached hydrogens (tertiary/aromatic N) is 1. The number of hydrogen-bond donors (Lipinski definition) is 1. The fourth-order valence-corrected chi connectivity index (χ4v) is 9.12. The predicted molar refractivity (Wildman–Crippen MR) is 112 cm³/mol. The van der Waals surface area contributed by atoms with Crippen LogP contribution in [0.1, 0.15) is 57.8 Å². The van der Waals surface area contributed by atoms with Crippen LogP contribution in [-0.2, 0) is 14.8 Å². The van der Waals surface area contributed by atoms with Crippen molar-refractivity contribution in [3.8, 4) is 0 Å². The molecule has 1 saturated heterocycles. The van der Waals surface area contributed by atoms with Crippen LogP contribution in [0.3, 0.4) is 0 Å². The van der Waals surface area contributed by atoms with Crippen molar-refractivity contribution < 1.29 is 13.2 Å². The van der Waals surface area contributed by atoms with Crippen LogP contribution in [0.2, 0.25) is 5.02 Å². The largest absolute Gasteiger partial charge is 0.351 e. The smallest absolute Gasteiger partial charge is 0.244 e. The molecule has 0 spiro atoms. The van der Waals surface area contributed by atoms with Crippen LogP contribution in [0.5, 0.6) is 0 Å². The minimum absolute atomic E-state index is 0.0122. The van der Waals surface area contributed by atoms with Crippen molar-refractivity contribution >= 4 is 27.5 Å². The highest BCUT2D eigenvalue weighted by Crippen LogP contribution is 2.55. The molecule has 1 unspecified atom stereocenters. The number of rotatable bonds is 5. The van der Waals surface area contributed by atoms with Crippen molar-refractivity contribution in [3.05, 3.63) is 29.3 Å². The van der Waals surface area contributed by atoms with Gasteiger partial charge in [0.1, 0.15) is 4.90 Å². The van der Waals surface area contributed by atoms with E-state index in [1.54, 1.807) is 24.3 Å². The molecular weight excluding hydrogens is 408 g/mol. The lowest BCUT2D eigenvalue weighted by molar-refractivity contribution is -0.127. The van der Waals surface area contributed by atoms with Crippen LogP contribution in [-0.4, -0.2) is 36.8 Å². The maximum atomic E-state index is 13.2. The summed E-state index contributed by atoms with van der Waals surface area (Å²) in [6.45, 7) is 0.447. The quantitative estimate of drug-likeness (QED) is 0.759. The first-order valence-electron chi connectivity index (χ1n) is 10.9. The maximum absolute atomic E-state index is 13.2. The number of halogens is 1. The highest BCUT2D eigenvalue weighted by Gasteiger charge is 2.51. The zero-order valence-corrected chi connectivity index (χ0v) is 18.2. The van der Waals surface area contributed by atoms with Crippen LogP contribution in [0.15, 0.2) is 29.2 Å². The van der Waals surface area contributed by atoms with E-state index in [1.807, 2.05) is 0 Å². The summed E-state index contributed by atoms with van der Waals surface area (Å²) in [5, 5.41) is 3.62. The van der Waals surface area contributed by atoms with E-state index in [-0.39, 0.29) is 33.8 Å². The zero-order chi connectivity index (χ0) is 20.2. The van der Waals surface area contributed by atoms with E-state index in [0.29, 0.717) is 6.54 Å². The second kappa shape index (κ2) is 7.24. The topological polar surface area (TPSA) is 66.5 Å². The standard InChI is InChI=1S/C22H29ClN2O3S/c23-19-5-1-2-6-20(19)29(27,28)25-7-3-4-18(25)11-21(26)24-22-12-15-8-16(13-22)10-17(9-15)14-22/h1-2,5-6,15-18H,3-4,7-14H2,(H,24,26). The second-order valence-corrected chi connectivity index (χ2v) is 12.1. The fraction of sp³-hybridized carbons (Fsp3) is 0.682. The molecule has 4 aliphatic carbocycles. The van der Waals surface area contributed by atoms with Gasteiger partial charge in [-0.15, -0.1) is 0 Å². The Morgan fingerprint density at radius 1 is 1.10 bits per heavy atom. The van der Waals surface area contributed by atoms with Gasteiger partial charge >= 0.3 is 0 Å². The van der Waals surface area contributed by atoms with Gasteiger partial charge in [0.2, 0.25) is 15.9 Å². The van der Waals surface area contributed by atoms with Crippen molar-refractivity contribution in [2.24, 2.45) is 17.8 Å². The van der Waals surface area contributed by atoms with Gasteiger partial charge in [0.05, 0.1) is 5.02 Å². The molecule has 5 aliphatic rings. The Kier molecular flexibility index (Phi) is 4.95. The predicted octanol–water partition coefficient (Wildman–Crippen LogP) is 3.97. The molecule has 7 heteroatoms. The third-order valence-corrected chi connectivity index (χ3v) is 10.1. The van der Waals surface area contributed by atoms with Gasteiger partial charge in [-0.25, -0.2) is 8.42 Å². The SMILES string of the molecule is O=C(CC1CCCN1S(=O)(=O)c1ccccc1Cl)NC12CC3CC(CC(C3)C1)C2. The van der Waals surface area contributed by atoms with Gasteiger partial charge in [-0.2, -0.15) is 4.31 Å². The lowest BCUT2D eigenvalue weighted by Crippen LogP contribution is -2.60. The maximum Gasteiger partial charge on any atom is 0.244 e. The lowest BCUT2D eigenvalue weighted by atomic mass is 9.53. The third-order valence-electron chi connectivity index (χ3n) is 7.61. The highest BCUT2D eigenvalue weighted by atomic mass is 35.5. The highest BCUT2D eigenvalue weighted by molar-refractivity contribution is 7.89. The first kappa shape index (κ1) is 19.8. The molecule has 1 aromatic rings. The molecular formula is C22H29ClN2O3S. The Bertz CT molecular complexity index is 881. The lowest BCUT2D eigenvalue weighted by Gasteiger charge is -2.57. The van der Waals surface area contributed by atoms with E-state index in [1.165, 1.54) is 23.6 Å². The monoisotopic (exact) mass is 436 g/mol. The van der Waals surface area contributed by atoms with Gasteiger partial charge < -0.3 is 5.32 Å². The van der Waals surface area contributed by atoms with E-state index in [4.69, 9.17) is 11.6 Å². The summed E-state index contributed by atoms with van der Waals surface area (Å²) in [5.74, 6) is 2.32. The van der Waals surface area contributed by atoms with E-state index < -0.39 is 10.0 Å². The van der Waals surface area contributed by atoms with Crippen molar-refractivity contribution in [2.75, 3.05) is 6.54 Å². The number of benzene rings is 1. The normalized spacial score (nSPS) is 36.4. The van der Waals surface area contributed by atoms with Gasteiger partial charge in [0, 0.05) is 24.5 Å². The summed E-state index contributed by atoms with van der Waals surface area (Å²) in [6, 6.07) is 6.26. The molecule has 1 atom stereocenters. The van der Waals surface area contributed by atoms with Crippen LogP contribution in [0, 0.1) is 17.8 Å². The van der Waals surface area contributed by atoms with E-state index >= 15 is 0 Å². The average Bonchev–Trinajstić information content (AvgIpc) is 3.09. The van der Waals surface area contributed by atoms with Gasteiger partial charge in [-0.3, -0.25) is 4.79 Å². The summed E-state index contributed by atoms with van der Waals surface area (Å²) in [5.41, 5.74) is -0.0309. The number of amides is 1. The number of carbonyl (C=O) groups excluding carboxylic acids is 1. The minimum Gasteiger partial charge on any atom is -0.351 e. The Morgan fingerprint density at radius 2 is 1.72 bits per heavy atom. The number of hydrogen-bond acceptors (Lipinski definition) is 3. The summed E-state index contributed by atoms with van der Waals surface area (Å²) in [7, 11) is -3.70. The molecule has 1 aromatic carbocycles. The Morgan fingerprint density at radius 3 is 2.34 bits per heavy atom.